The van der Waals surface area contributed by atoms with Gasteiger partial charge in [-0.15, -0.1) is 0 Å². The van der Waals surface area contributed by atoms with Crippen LogP contribution in [0.15, 0.2) is 0 Å². The second-order valence-corrected chi connectivity index (χ2v) is 5.82. The molecule has 3 atom stereocenters. The topological polar surface area (TPSA) is 60.2 Å². The first-order valence-corrected chi connectivity index (χ1v) is 5.80. The highest BCUT2D eigenvalue weighted by Gasteiger charge is 2.58. The number of sulfone groups is 1. The summed E-state index contributed by atoms with van der Waals surface area (Å²) in [6.45, 7) is 0.550. The van der Waals surface area contributed by atoms with Crippen molar-refractivity contribution in [3.05, 3.63) is 0 Å². The Hall–Kier alpha value is -0.0900. The fourth-order valence-electron chi connectivity index (χ4n) is 2.29. The monoisotopic (exact) mass is 175 g/mol. The van der Waals surface area contributed by atoms with Gasteiger partial charge in [0.1, 0.15) is 0 Å². The van der Waals surface area contributed by atoms with Gasteiger partial charge in [0.25, 0.3) is 0 Å². The Bertz CT molecular complexity index is 256. The van der Waals surface area contributed by atoms with Gasteiger partial charge in [0.15, 0.2) is 9.84 Å². The summed E-state index contributed by atoms with van der Waals surface area (Å²) in [4.78, 5) is 0. The summed E-state index contributed by atoms with van der Waals surface area (Å²) in [5.74, 6) is 1.10. The highest BCUT2D eigenvalue weighted by Crippen LogP contribution is 2.50. The van der Waals surface area contributed by atoms with Crippen LogP contribution in [0.3, 0.4) is 0 Å². The third-order valence-electron chi connectivity index (χ3n) is 2.91. The average molecular weight is 175 g/mol. The zero-order chi connectivity index (χ0) is 8.06. The summed E-state index contributed by atoms with van der Waals surface area (Å²) in [6.07, 6.45) is 1.92. The van der Waals surface area contributed by atoms with Crippen molar-refractivity contribution in [1.29, 1.82) is 0 Å². The van der Waals surface area contributed by atoms with E-state index in [1.54, 1.807) is 0 Å². The van der Waals surface area contributed by atoms with Crippen LogP contribution in [0.5, 0.6) is 0 Å². The molecule has 2 aliphatic rings. The molecular formula is C7H13NO2S. The van der Waals surface area contributed by atoms with Gasteiger partial charge in [0.2, 0.25) is 0 Å². The van der Waals surface area contributed by atoms with E-state index < -0.39 is 9.84 Å². The lowest BCUT2D eigenvalue weighted by atomic mass is 10.2. The SMILES string of the molecule is NCC1[C@H]2CCCS(=O)(=O)[C@@H]12. The van der Waals surface area contributed by atoms with E-state index >= 15 is 0 Å². The Morgan fingerprint density at radius 3 is 2.73 bits per heavy atom. The third kappa shape index (κ3) is 0.999. The highest BCUT2D eigenvalue weighted by atomic mass is 32.2. The maximum absolute atomic E-state index is 11.3. The third-order valence-corrected chi connectivity index (χ3v) is 5.29. The zero-order valence-electron chi connectivity index (χ0n) is 6.36. The lowest BCUT2D eigenvalue weighted by Gasteiger charge is -2.07. The second kappa shape index (κ2) is 2.20. The first-order valence-electron chi connectivity index (χ1n) is 4.08. The molecule has 0 radical (unpaired) electrons. The number of rotatable bonds is 1. The molecule has 1 aliphatic heterocycles. The highest BCUT2D eigenvalue weighted by molar-refractivity contribution is 7.92. The molecule has 0 aromatic rings. The van der Waals surface area contributed by atoms with Crippen LogP contribution >= 0.6 is 0 Å². The molecule has 64 valence electrons. The molecule has 0 bridgehead atoms. The van der Waals surface area contributed by atoms with Crippen LogP contribution < -0.4 is 5.73 Å². The summed E-state index contributed by atoms with van der Waals surface area (Å²) in [5.41, 5.74) is 5.45. The van der Waals surface area contributed by atoms with Gasteiger partial charge in [0.05, 0.1) is 11.0 Å². The fourth-order valence-corrected chi connectivity index (χ4v) is 4.75. The molecule has 2 N–H and O–H groups in total. The van der Waals surface area contributed by atoms with Crippen molar-refractivity contribution in [3.63, 3.8) is 0 Å². The van der Waals surface area contributed by atoms with E-state index in [4.69, 9.17) is 5.73 Å². The molecule has 2 fully saturated rings. The largest absolute Gasteiger partial charge is 0.330 e. The number of hydrogen-bond acceptors (Lipinski definition) is 3. The van der Waals surface area contributed by atoms with Crippen molar-refractivity contribution >= 4 is 9.84 Å². The number of hydrogen-bond donors (Lipinski definition) is 1. The van der Waals surface area contributed by atoms with Crippen molar-refractivity contribution in [3.8, 4) is 0 Å². The molecular weight excluding hydrogens is 162 g/mol. The van der Waals surface area contributed by atoms with Crippen LogP contribution in [0.25, 0.3) is 0 Å². The lowest BCUT2D eigenvalue weighted by molar-refractivity contribution is 0.568. The summed E-state index contributed by atoms with van der Waals surface area (Å²) in [7, 11) is -2.73. The van der Waals surface area contributed by atoms with Gasteiger partial charge in [-0.2, -0.15) is 0 Å². The smallest absolute Gasteiger partial charge is 0.153 e. The zero-order valence-corrected chi connectivity index (χ0v) is 7.18. The van der Waals surface area contributed by atoms with Crippen molar-refractivity contribution in [2.75, 3.05) is 12.3 Å². The van der Waals surface area contributed by atoms with Crippen LogP contribution in [0.2, 0.25) is 0 Å². The average Bonchev–Trinajstić information content (AvgIpc) is 2.62. The Morgan fingerprint density at radius 1 is 1.45 bits per heavy atom. The molecule has 1 saturated carbocycles. The Kier molecular flexibility index (Phi) is 1.51. The summed E-state index contributed by atoms with van der Waals surface area (Å²) >= 11 is 0. The molecule has 0 amide bonds. The van der Waals surface area contributed by atoms with Gasteiger partial charge in [-0.05, 0) is 31.2 Å². The molecule has 1 aliphatic carbocycles. The molecule has 11 heavy (non-hydrogen) atoms. The van der Waals surface area contributed by atoms with E-state index in [0.29, 0.717) is 24.1 Å². The normalized spacial score (nSPS) is 46.5. The standard InChI is InChI=1S/C7H13NO2S/c8-4-6-5-2-1-3-11(9,10)7(5)6/h5-7H,1-4,8H2/t5-,6?,7-/m1/s1. The molecule has 1 saturated heterocycles. The van der Waals surface area contributed by atoms with E-state index in [2.05, 4.69) is 0 Å². The Labute approximate surface area is 66.9 Å². The molecule has 0 spiro atoms. The van der Waals surface area contributed by atoms with Gasteiger partial charge in [0, 0.05) is 0 Å². The van der Waals surface area contributed by atoms with Gasteiger partial charge >= 0.3 is 0 Å². The molecule has 4 heteroatoms. The molecule has 2 rings (SSSR count). The maximum Gasteiger partial charge on any atom is 0.153 e. The minimum Gasteiger partial charge on any atom is -0.330 e. The minimum absolute atomic E-state index is 0.0544. The van der Waals surface area contributed by atoms with Crippen molar-refractivity contribution in [1.82, 2.24) is 0 Å². The summed E-state index contributed by atoms with van der Waals surface area (Å²) in [5, 5.41) is -0.0544. The molecule has 1 unspecified atom stereocenters. The van der Waals surface area contributed by atoms with E-state index in [-0.39, 0.29) is 5.25 Å². The first kappa shape index (κ1) is 7.55. The van der Waals surface area contributed by atoms with Crippen LogP contribution in [-0.4, -0.2) is 26.0 Å². The van der Waals surface area contributed by atoms with Crippen LogP contribution in [-0.2, 0) is 9.84 Å². The van der Waals surface area contributed by atoms with Gasteiger partial charge in [-0.25, -0.2) is 8.42 Å². The summed E-state index contributed by atoms with van der Waals surface area (Å²) < 4.78 is 22.7. The number of nitrogens with two attached hydrogens (primary N) is 1. The molecule has 0 aromatic heterocycles. The first-order chi connectivity index (χ1) is 5.17. The van der Waals surface area contributed by atoms with Gasteiger partial charge < -0.3 is 5.73 Å². The Morgan fingerprint density at radius 2 is 2.18 bits per heavy atom. The van der Waals surface area contributed by atoms with Crippen LogP contribution in [0, 0.1) is 11.8 Å². The van der Waals surface area contributed by atoms with Crippen molar-refractivity contribution in [2.24, 2.45) is 17.6 Å². The minimum atomic E-state index is -2.73. The predicted molar refractivity (Wildman–Crippen MR) is 42.8 cm³/mol. The summed E-state index contributed by atoms with van der Waals surface area (Å²) in [6, 6.07) is 0. The maximum atomic E-state index is 11.3. The molecule has 3 nitrogen and oxygen atoms in total. The lowest BCUT2D eigenvalue weighted by Crippen LogP contribution is -2.19. The van der Waals surface area contributed by atoms with E-state index in [1.807, 2.05) is 0 Å². The van der Waals surface area contributed by atoms with Gasteiger partial charge in [-0.3, -0.25) is 0 Å². The van der Waals surface area contributed by atoms with E-state index in [9.17, 15) is 8.42 Å². The van der Waals surface area contributed by atoms with E-state index in [0.717, 1.165) is 12.8 Å². The molecule has 1 heterocycles. The van der Waals surface area contributed by atoms with E-state index in [1.165, 1.54) is 0 Å². The van der Waals surface area contributed by atoms with Crippen LogP contribution in [0.4, 0.5) is 0 Å². The van der Waals surface area contributed by atoms with Crippen molar-refractivity contribution < 1.29 is 8.42 Å². The molecule has 0 aromatic carbocycles. The number of fused-ring (bicyclic) bond motifs is 1. The quantitative estimate of drug-likeness (QED) is 0.598. The van der Waals surface area contributed by atoms with Crippen LogP contribution in [0.1, 0.15) is 12.8 Å². The van der Waals surface area contributed by atoms with Gasteiger partial charge in [-0.1, -0.05) is 0 Å². The second-order valence-electron chi connectivity index (χ2n) is 3.54. The van der Waals surface area contributed by atoms with Crippen molar-refractivity contribution in [2.45, 2.75) is 18.1 Å². The fraction of sp³-hybridized carbons (Fsp3) is 1.00. The Balaban J connectivity index is 2.20. The predicted octanol–water partition coefficient (Wildman–Crippen LogP) is -0.232.